The van der Waals surface area contributed by atoms with E-state index in [4.69, 9.17) is 4.74 Å². The van der Waals surface area contributed by atoms with E-state index in [1.807, 2.05) is 38.1 Å². The summed E-state index contributed by atoms with van der Waals surface area (Å²) < 4.78 is 5.15. The van der Waals surface area contributed by atoms with Gasteiger partial charge in [-0.1, -0.05) is 18.7 Å². The molecule has 0 aromatic heterocycles. The molecule has 1 rings (SSSR count). The first kappa shape index (κ1) is 12.3. The molecule has 86 valence electrons. The summed E-state index contributed by atoms with van der Waals surface area (Å²) in [5.41, 5.74) is 0.543. The summed E-state index contributed by atoms with van der Waals surface area (Å²) in [5, 5.41) is 2.86. The molecule has 0 saturated heterocycles. The van der Waals surface area contributed by atoms with Gasteiger partial charge in [-0.15, -0.1) is 0 Å². The maximum absolute atomic E-state index is 11.3. The van der Waals surface area contributed by atoms with Crippen LogP contribution in [0.4, 0.5) is 0 Å². The Morgan fingerprint density at radius 3 is 2.75 bits per heavy atom. The predicted molar refractivity (Wildman–Crippen MR) is 64.4 cm³/mol. The van der Waals surface area contributed by atoms with Crippen molar-refractivity contribution in [3.63, 3.8) is 0 Å². The fourth-order valence-corrected chi connectivity index (χ4v) is 1.44. The third-order valence-electron chi connectivity index (χ3n) is 2.41. The lowest BCUT2D eigenvalue weighted by Crippen LogP contribution is -2.39. The van der Waals surface area contributed by atoms with Crippen LogP contribution < -0.4 is 10.1 Å². The zero-order valence-corrected chi connectivity index (χ0v) is 9.91. The van der Waals surface area contributed by atoms with Gasteiger partial charge in [0.15, 0.2) is 0 Å². The maximum atomic E-state index is 11.3. The topological polar surface area (TPSA) is 38.3 Å². The monoisotopic (exact) mass is 219 g/mol. The fourth-order valence-electron chi connectivity index (χ4n) is 1.44. The zero-order valence-electron chi connectivity index (χ0n) is 9.91. The Kier molecular flexibility index (Phi) is 3.72. The van der Waals surface area contributed by atoms with Crippen LogP contribution in [-0.2, 0) is 10.3 Å². The van der Waals surface area contributed by atoms with Gasteiger partial charge in [-0.25, -0.2) is 0 Å². The van der Waals surface area contributed by atoms with E-state index in [0.717, 1.165) is 11.3 Å². The lowest BCUT2D eigenvalue weighted by molar-refractivity contribution is -0.118. The molecule has 0 aliphatic heterocycles. The van der Waals surface area contributed by atoms with Crippen molar-refractivity contribution in [3.05, 3.63) is 42.5 Å². The molecular formula is C13H17NO2. The lowest BCUT2D eigenvalue weighted by atomic mass is 9.94. The van der Waals surface area contributed by atoms with Crippen LogP contribution in [0.1, 0.15) is 19.4 Å². The molecule has 0 aliphatic carbocycles. The summed E-state index contributed by atoms with van der Waals surface area (Å²) >= 11 is 0. The average Bonchev–Trinajstić information content (AvgIpc) is 2.28. The van der Waals surface area contributed by atoms with Gasteiger partial charge in [0, 0.05) is 0 Å². The van der Waals surface area contributed by atoms with Gasteiger partial charge in [-0.2, -0.15) is 0 Å². The molecule has 0 aliphatic rings. The number of hydrogen-bond acceptors (Lipinski definition) is 2. The highest BCUT2D eigenvalue weighted by molar-refractivity contribution is 5.87. The van der Waals surface area contributed by atoms with Crippen LogP contribution >= 0.6 is 0 Å². The predicted octanol–water partition coefficient (Wildman–Crippen LogP) is 2.23. The largest absolute Gasteiger partial charge is 0.497 e. The zero-order chi connectivity index (χ0) is 12.2. The van der Waals surface area contributed by atoms with Gasteiger partial charge in [0.05, 0.1) is 12.6 Å². The van der Waals surface area contributed by atoms with Crippen molar-refractivity contribution < 1.29 is 9.53 Å². The first-order valence-corrected chi connectivity index (χ1v) is 5.08. The van der Waals surface area contributed by atoms with Gasteiger partial charge in [-0.05, 0) is 37.6 Å². The number of amides is 1. The molecule has 0 spiro atoms. The van der Waals surface area contributed by atoms with Crippen molar-refractivity contribution >= 4 is 5.91 Å². The Morgan fingerprint density at radius 1 is 1.50 bits per heavy atom. The Hall–Kier alpha value is -1.77. The summed E-state index contributed by atoms with van der Waals surface area (Å²) in [6, 6.07) is 7.63. The Labute approximate surface area is 96.1 Å². The Bertz CT molecular complexity index is 397. The number of carbonyl (C=O) groups excluding carboxylic acids is 1. The van der Waals surface area contributed by atoms with Crippen LogP contribution in [0.5, 0.6) is 5.75 Å². The summed E-state index contributed by atoms with van der Waals surface area (Å²) in [4.78, 5) is 11.3. The van der Waals surface area contributed by atoms with E-state index in [1.165, 1.54) is 6.08 Å². The van der Waals surface area contributed by atoms with Crippen molar-refractivity contribution in [1.82, 2.24) is 5.32 Å². The second-order valence-electron chi connectivity index (χ2n) is 4.05. The average molecular weight is 219 g/mol. The Balaban J connectivity index is 2.96. The SMILES string of the molecule is C=CC(=O)NC(C)(C)c1cccc(OC)c1. The highest BCUT2D eigenvalue weighted by Gasteiger charge is 2.21. The molecule has 0 unspecified atom stereocenters. The number of rotatable bonds is 4. The quantitative estimate of drug-likeness (QED) is 0.789. The molecule has 0 radical (unpaired) electrons. The first-order chi connectivity index (χ1) is 7.49. The van der Waals surface area contributed by atoms with E-state index in [-0.39, 0.29) is 5.91 Å². The van der Waals surface area contributed by atoms with Crippen LogP contribution in [0.2, 0.25) is 0 Å². The summed E-state index contributed by atoms with van der Waals surface area (Å²) in [6.07, 6.45) is 1.27. The fraction of sp³-hybridized carbons (Fsp3) is 0.308. The van der Waals surface area contributed by atoms with Crippen molar-refractivity contribution in [2.75, 3.05) is 7.11 Å². The van der Waals surface area contributed by atoms with E-state index < -0.39 is 5.54 Å². The van der Waals surface area contributed by atoms with Crippen LogP contribution in [0.25, 0.3) is 0 Å². The molecular weight excluding hydrogens is 202 g/mol. The highest BCUT2D eigenvalue weighted by Crippen LogP contribution is 2.23. The van der Waals surface area contributed by atoms with E-state index >= 15 is 0 Å². The molecule has 0 bridgehead atoms. The number of hydrogen-bond donors (Lipinski definition) is 1. The molecule has 3 nitrogen and oxygen atoms in total. The molecule has 0 fully saturated rings. The third kappa shape index (κ3) is 2.86. The minimum Gasteiger partial charge on any atom is -0.497 e. The molecule has 16 heavy (non-hydrogen) atoms. The smallest absolute Gasteiger partial charge is 0.244 e. The molecule has 0 saturated carbocycles. The van der Waals surface area contributed by atoms with Crippen LogP contribution in [-0.4, -0.2) is 13.0 Å². The number of carbonyl (C=O) groups is 1. The van der Waals surface area contributed by atoms with E-state index in [0.29, 0.717) is 0 Å². The Morgan fingerprint density at radius 2 is 2.19 bits per heavy atom. The molecule has 1 N–H and O–H groups in total. The summed E-state index contributed by atoms with van der Waals surface area (Å²) in [7, 11) is 1.62. The van der Waals surface area contributed by atoms with Crippen LogP contribution in [0.15, 0.2) is 36.9 Å². The second kappa shape index (κ2) is 4.84. The molecule has 1 aromatic carbocycles. The minimum absolute atomic E-state index is 0.187. The molecule has 1 aromatic rings. The lowest BCUT2D eigenvalue weighted by Gasteiger charge is -2.26. The van der Waals surface area contributed by atoms with E-state index in [9.17, 15) is 4.79 Å². The second-order valence-corrected chi connectivity index (χ2v) is 4.05. The summed E-state index contributed by atoms with van der Waals surface area (Å²) in [6.45, 7) is 7.30. The van der Waals surface area contributed by atoms with Gasteiger partial charge in [0.1, 0.15) is 5.75 Å². The molecule has 0 heterocycles. The van der Waals surface area contributed by atoms with Crippen molar-refractivity contribution in [2.45, 2.75) is 19.4 Å². The van der Waals surface area contributed by atoms with Crippen molar-refractivity contribution in [2.24, 2.45) is 0 Å². The van der Waals surface area contributed by atoms with E-state index in [2.05, 4.69) is 11.9 Å². The molecule has 0 atom stereocenters. The van der Waals surface area contributed by atoms with Crippen molar-refractivity contribution in [1.29, 1.82) is 0 Å². The minimum atomic E-state index is -0.445. The number of methoxy groups -OCH3 is 1. The van der Waals surface area contributed by atoms with Gasteiger partial charge in [0.25, 0.3) is 0 Å². The van der Waals surface area contributed by atoms with Crippen LogP contribution in [0, 0.1) is 0 Å². The summed E-state index contributed by atoms with van der Waals surface area (Å²) in [5.74, 6) is 0.589. The molecule has 1 amide bonds. The van der Waals surface area contributed by atoms with Gasteiger partial charge >= 0.3 is 0 Å². The first-order valence-electron chi connectivity index (χ1n) is 5.08. The normalized spacial score (nSPS) is 10.7. The van der Waals surface area contributed by atoms with Gasteiger partial charge in [-0.3, -0.25) is 4.79 Å². The number of ether oxygens (including phenoxy) is 1. The van der Waals surface area contributed by atoms with E-state index in [1.54, 1.807) is 7.11 Å². The number of nitrogens with one attached hydrogen (secondary N) is 1. The number of benzene rings is 1. The standard InChI is InChI=1S/C13H17NO2/c1-5-12(15)14-13(2,3)10-7-6-8-11(9-10)16-4/h5-9H,1H2,2-4H3,(H,14,15). The molecule has 3 heteroatoms. The van der Waals surface area contributed by atoms with Crippen molar-refractivity contribution in [3.8, 4) is 5.75 Å². The van der Waals surface area contributed by atoms with Gasteiger partial charge < -0.3 is 10.1 Å². The van der Waals surface area contributed by atoms with Gasteiger partial charge in [0.2, 0.25) is 5.91 Å². The van der Waals surface area contributed by atoms with Crippen LogP contribution in [0.3, 0.4) is 0 Å². The highest BCUT2D eigenvalue weighted by atomic mass is 16.5. The maximum Gasteiger partial charge on any atom is 0.244 e. The third-order valence-corrected chi connectivity index (χ3v) is 2.41.